The van der Waals surface area contributed by atoms with Gasteiger partial charge in [-0.25, -0.2) is 4.98 Å². The highest BCUT2D eigenvalue weighted by Crippen LogP contribution is 2.42. The summed E-state index contributed by atoms with van der Waals surface area (Å²) >= 11 is 6.46. The first-order valence-corrected chi connectivity index (χ1v) is 10.4. The fourth-order valence-corrected chi connectivity index (χ4v) is 4.27. The summed E-state index contributed by atoms with van der Waals surface area (Å²) in [7, 11) is 1.62. The summed E-state index contributed by atoms with van der Waals surface area (Å²) in [5, 5.41) is 16.5. The average Bonchev–Trinajstić information content (AvgIpc) is 3.15. The number of hydrogen-bond donors (Lipinski definition) is 1. The maximum Gasteiger partial charge on any atom is 0.272 e. The quantitative estimate of drug-likeness (QED) is 0.505. The smallest absolute Gasteiger partial charge is 0.272 e. The molecule has 1 amide bonds. The first kappa shape index (κ1) is 20.1. The topological polar surface area (TPSA) is 94.8 Å². The van der Waals surface area contributed by atoms with E-state index in [-0.39, 0.29) is 24.2 Å². The molecule has 0 saturated carbocycles. The molecular formula is C23H19ClN6O2. The minimum Gasteiger partial charge on any atom is -0.497 e. The molecule has 0 fully saturated rings. The monoisotopic (exact) mass is 446 g/mol. The summed E-state index contributed by atoms with van der Waals surface area (Å²) in [4.78, 5) is 17.2. The highest BCUT2D eigenvalue weighted by atomic mass is 35.5. The van der Waals surface area contributed by atoms with Gasteiger partial charge in [-0.15, -0.1) is 5.10 Å². The zero-order valence-electron chi connectivity index (χ0n) is 17.4. The Hall–Kier alpha value is -3.78. The molecule has 5 rings (SSSR count). The van der Waals surface area contributed by atoms with Crippen molar-refractivity contribution < 1.29 is 9.53 Å². The van der Waals surface area contributed by atoms with E-state index in [1.165, 1.54) is 4.68 Å². The summed E-state index contributed by atoms with van der Waals surface area (Å²) < 4.78 is 6.75. The molecule has 160 valence electrons. The van der Waals surface area contributed by atoms with Crippen molar-refractivity contribution >= 4 is 23.3 Å². The number of ether oxygens (including phenoxy) is 1. The van der Waals surface area contributed by atoms with Crippen LogP contribution in [0.3, 0.4) is 0 Å². The average molecular weight is 447 g/mol. The zero-order chi connectivity index (χ0) is 22.2. The van der Waals surface area contributed by atoms with E-state index in [1.54, 1.807) is 13.3 Å². The molecule has 3 heterocycles. The Morgan fingerprint density at radius 3 is 2.69 bits per heavy atom. The van der Waals surface area contributed by atoms with E-state index in [1.807, 2.05) is 55.5 Å². The van der Waals surface area contributed by atoms with Gasteiger partial charge in [0.2, 0.25) is 5.91 Å². The molecule has 1 aliphatic heterocycles. The third-order valence-corrected chi connectivity index (χ3v) is 5.85. The van der Waals surface area contributed by atoms with E-state index in [2.05, 4.69) is 25.6 Å². The number of amides is 1. The van der Waals surface area contributed by atoms with E-state index < -0.39 is 0 Å². The molecule has 32 heavy (non-hydrogen) atoms. The molecule has 9 heteroatoms. The second-order valence-electron chi connectivity index (χ2n) is 7.46. The van der Waals surface area contributed by atoms with Crippen LogP contribution in [0.4, 0.5) is 5.82 Å². The molecule has 0 bridgehead atoms. The normalized spacial score (nSPS) is 15.2. The number of aromatic nitrogens is 5. The van der Waals surface area contributed by atoms with Crippen molar-refractivity contribution in [1.82, 2.24) is 25.0 Å². The number of anilines is 1. The Balaban J connectivity index is 1.60. The first-order chi connectivity index (χ1) is 15.5. The van der Waals surface area contributed by atoms with Crippen LogP contribution in [-0.4, -0.2) is 38.0 Å². The molecule has 1 atom stereocenters. The molecule has 0 aliphatic carbocycles. The van der Waals surface area contributed by atoms with Crippen molar-refractivity contribution in [2.75, 3.05) is 12.4 Å². The molecule has 0 unspecified atom stereocenters. The van der Waals surface area contributed by atoms with Gasteiger partial charge in [-0.2, -0.15) is 14.9 Å². The summed E-state index contributed by atoms with van der Waals surface area (Å²) in [5.74, 6) is 1.22. The number of carbonyl (C=O) groups is 1. The maximum atomic E-state index is 12.6. The third kappa shape index (κ3) is 3.48. The standard InChI is InChI=1S/C23H19ClN6O2/c1-13-21-17(16-5-3-4-6-18(16)24)11-20(31)27-22(21)30(29-13)23-26-19(12-25-28-23)14-7-9-15(32-2)10-8-14/h3-10,12,17H,11H2,1-2H3,(H,27,31)/t17-/m0/s1. The number of hydrogen-bond acceptors (Lipinski definition) is 6. The predicted octanol–water partition coefficient (Wildman–Crippen LogP) is 4.17. The summed E-state index contributed by atoms with van der Waals surface area (Å²) in [6.07, 6.45) is 1.87. The summed E-state index contributed by atoms with van der Waals surface area (Å²) in [5.41, 5.74) is 4.04. The van der Waals surface area contributed by atoms with Gasteiger partial charge in [0.05, 0.1) is 24.7 Å². The van der Waals surface area contributed by atoms with E-state index in [0.29, 0.717) is 16.5 Å². The molecule has 0 radical (unpaired) electrons. The molecule has 0 saturated heterocycles. The van der Waals surface area contributed by atoms with Crippen LogP contribution in [0.5, 0.6) is 5.75 Å². The lowest BCUT2D eigenvalue weighted by Crippen LogP contribution is -2.25. The first-order valence-electron chi connectivity index (χ1n) is 10.0. The number of benzene rings is 2. The van der Waals surface area contributed by atoms with Crippen LogP contribution < -0.4 is 10.1 Å². The van der Waals surface area contributed by atoms with Gasteiger partial charge in [-0.1, -0.05) is 29.8 Å². The van der Waals surface area contributed by atoms with Gasteiger partial charge >= 0.3 is 0 Å². The SMILES string of the molecule is COc1ccc(-c2cnnc(-n3nc(C)c4c3NC(=O)C[C@H]4c3ccccc3Cl)n2)cc1. The predicted molar refractivity (Wildman–Crippen MR) is 120 cm³/mol. The molecule has 2 aromatic heterocycles. The second kappa shape index (κ2) is 8.05. The Morgan fingerprint density at radius 2 is 1.94 bits per heavy atom. The van der Waals surface area contributed by atoms with Crippen LogP contribution in [-0.2, 0) is 4.79 Å². The number of fused-ring (bicyclic) bond motifs is 1. The van der Waals surface area contributed by atoms with Crippen molar-refractivity contribution in [2.24, 2.45) is 0 Å². The van der Waals surface area contributed by atoms with Crippen LogP contribution in [0.2, 0.25) is 5.02 Å². The Bertz CT molecular complexity index is 1320. The number of carbonyl (C=O) groups excluding carboxylic acids is 1. The van der Waals surface area contributed by atoms with Crippen LogP contribution in [0.25, 0.3) is 17.2 Å². The molecular weight excluding hydrogens is 428 g/mol. The lowest BCUT2D eigenvalue weighted by molar-refractivity contribution is -0.116. The molecule has 1 N–H and O–H groups in total. The Morgan fingerprint density at radius 1 is 1.16 bits per heavy atom. The van der Waals surface area contributed by atoms with Crippen LogP contribution in [0.1, 0.15) is 29.2 Å². The highest BCUT2D eigenvalue weighted by Gasteiger charge is 2.34. The number of nitrogens with zero attached hydrogens (tertiary/aromatic N) is 5. The van der Waals surface area contributed by atoms with Crippen molar-refractivity contribution in [1.29, 1.82) is 0 Å². The third-order valence-electron chi connectivity index (χ3n) is 5.51. The van der Waals surface area contributed by atoms with Crippen LogP contribution in [0, 0.1) is 6.92 Å². The second-order valence-corrected chi connectivity index (χ2v) is 7.86. The Kier molecular flexibility index (Phi) is 5.07. The van der Waals surface area contributed by atoms with Gasteiger partial charge in [0, 0.05) is 28.5 Å². The van der Waals surface area contributed by atoms with Crippen molar-refractivity contribution in [3.05, 3.63) is 76.6 Å². The van der Waals surface area contributed by atoms with Gasteiger partial charge in [-0.05, 0) is 42.8 Å². The van der Waals surface area contributed by atoms with E-state index in [4.69, 9.17) is 16.3 Å². The number of methoxy groups -OCH3 is 1. The largest absolute Gasteiger partial charge is 0.497 e. The summed E-state index contributed by atoms with van der Waals surface area (Å²) in [6, 6.07) is 15.0. The van der Waals surface area contributed by atoms with Gasteiger partial charge in [-0.3, -0.25) is 4.79 Å². The zero-order valence-corrected chi connectivity index (χ0v) is 18.2. The minimum absolute atomic E-state index is 0.122. The van der Waals surface area contributed by atoms with Gasteiger partial charge in [0.1, 0.15) is 11.6 Å². The number of rotatable bonds is 4. The van der Waals surface area contributed by atoms with E-state index >= 15 is 0 Å². The summed E-state index contributed by atoms with van der Waals surface area (Å²) in [6.45, 7) is 1.90. The number of nitrogens with one attached hydrogen (secondary N) is 1. The van der Waals surface area contributed by atoms with Gasteiger partial charge in [0.15, 0.2) is 0 Å². The maximum absolute atomic E-state index is 12.6. The lowest BCUT2D eigenvalue weighted by atomic mass is 9.86. The molecule has 0 spiro atoms. The van der Waals surface area contributed by atoms with Crippen molar-refractivity contribution in [3.8, 4) is 23.0 Å². The van der Waals surface area contributed by atoms with Gasteiger partial charge < -0.3 is 10.1 Å². The van der Waals surface area contributed by atoms with Gasteiger partial charge in [0.25, 0.3) is 5.95 Å². The van der Waals surface area contributed by atoms with E-state index in [0.717, 1.165) is 28.1 Å². The number of halogens is 1. The molecule has 2 aromatic carbocycles. The fourth-order valence-electron chi connectivity index (χ4n) is 4.00. The Labute approximate surface area is 189 Å². The van der Waals surface area contributed by atoms with E-state index in [9.17, 15) is 4.79 Å². The fraction of sp³-hybridized carbons (Fsp3) is 0.174. The molecule has 1 aliphatic rings. The molecule has 4 aromatic rings. The minimum atomic E-state index is -0.209. The number of aryl methyl sites for hydroxylation is 1. The lowest BCUT2D eigenvalue weighted by Gasteiger charge is -2.24. The molecule has 8 nitrogen and oxygen atoms in total. The van der Waals surface area contributed by atoms with Crippen molar-refractivity contribution in [3.63, 3.8) is 0 Å². The highest BCUT2D eigenvalue weighted by molar-refractivity contribution is 6.31. The van der Waals surface area contributed by atoms with Crippen LogP contribution >= 0.6 is 11.6 Å². The van der Waals surface area contributed by atoms with Crippen molar-refractivity contribution in [2.45, 2.75) is 19.3 Å². The van der Waals surface area contributed by atoms with Crippen LogP contribution in [0.15, 0.2) is 54.7 Å².